The summed E-state index contributed by atoms with van der Waals surface area (Å²) in [6, 6.07) is 0.169. The van der Waals surface area contributed by atoms with Crippen molar-refractivity contribution in [3.8, 4) is 0 Å². The van der Waals surface area contributed by atoms with E-state index in [9.17, 15) is 14.7 Å². The van der Waals surface area contributed by atoms with Gasteiger partial charge in [0.25, 0.3) is 0 Å². The van der Waals surface area contributed by atoms with Gasteiger partial charge in [-0.2, -0.15) is 0 Å². The van der Waals surface area contributed by atoms with Crippen LogP contribution in [0, 0.1) is 29.6 Å². The molecule has 2 unspecified atom stereocenters. The van der Waals surface area contributed by atoms with Crippen molar-refractivity contribution in [2.24, 2.45) is 29.6 Å². The minimum Gasteiger partial charge on any atom is -0.481 e. The summed E-state index contributed by atoms with van der Waals surface area (Å²) in [4.78, 5) is 23.9. The predicted octanol–water partition coefficient (Wildman–Crippen LogP) is 2.20. The molecule has 2 N–H and O–H groups in total. The summed E-state index contributed by atoms with van der Waals surface area (Å²) < 4.78 is 0. The Morgan fingerprint density at radius 3 is 2.35 bits per heavy atom. The first kappa shape index (κ1) is 13.7. The number of aliphatic carboxylic acids is 1. The topological polar surface area (TPSA) is 66.4 Å². The van der Waals surface area contributed by atoms with Crippen molar-refractivity contribution in [1.82, 2.24) is 5.32 Å². The molecule has 3 aliphatic rings. The Morgan fingerprint density at radius 2 is 1.75 bits per heavy atom. The van der Waals surface area contributed by atoms with Crippen molar-refractivity contribution in [1.29, 1.82) is 0 Å². The smallest absolute Gasteiger partial charge is 0.307 e. The van der Waals surface area contributed by atoms with Gasteiger partial charge in [0.05, 0.1) is 11.8 Å². The maximum absolute atomic E-state index is 12.5. The van der Waals surface area contributed by atoms with Gasteiger partial charge in [0.1, 0.15) is 0 Å². The Labute approximate surface area is 119 Å². The van der Waals surface area contributed by atoms with Crippen molar-refractivity contribution < 1.29 is 14.7 Å². The Hall–Kier alpha value is -1.32. The monoisotopic (exact) mass is 277 g/mol. The zero-order chi connectivity index (χ0) is 14.3. The number of hydrogen-bond donors (Lipinski definition) is 2. The zero-order valence-corrected chi connectivity index (χ0v) is 11.9. The molecule has 0 spiro atoms. The molecule has 2 saturated carbocycles. The summed E-state index contributed by atoms with van der Waals surface area (Å²) >= 11 is 0. The van der Waals surface area contributed by atoms with Gasteiger partial charge in [0.15, 0.2) is 0 Å². The van der Waals surface area contributed by atoms with Crippen molar-refractivity contribution in [3.63, 3.8) is 0 Å². The molecule has 0 aromatic carbocycles. The summed E-state index contributed by atoms with van der Waals surface area (Å²) in [5.41, 5.74) is 0. The van der Waals surface area contributed by atoms with E-state index in [0.717, 1.165) is 6.42 Å². The van der Waals surface area contributed by atoms with Gasteiger partial charge in [-0.15, -0.1) is 0 Å². The van der Waals surface area contributed by atoms with Crippen LogP contribution in [-0.2, 0) is 9.59 Å². The van der Waals surface area contributed by atoms with Crippen molar-refractivity contribution in [2.75, 3.05) is 0 Å². The summed E-state index contributed by atoms with van der Waals surface area (Å²) in [7, 11) is 0. The lowest BCUT2D eigenvalue weighted by molar-refractivity contribution is -0.148. The molecule has 4 nitrogen and oxygen atoms in total. The second-order valence-corrected chi connectivity index (χ2v) is 6.68. The molecule has 20 heavy (non-hydrogen) atoms. The second-order valence-electron chi connectivity index (χ2n) is 6.68. The van der Waals surface area contributed by atoms with E-state index >= 15 is 0 Å². The van der Waals surface area contributed by atoms with E-state index in [2.05, 4.69) is 12.2 Å². The van der Waals surface area contributed by atoms with Gasteiger partial charge in [-0.1, -0.05) is 25.0 Å². The maximum Gasteiger partial charge on any atom is 0.307 e. The van der Waals surface area contributed by atoms with E-state index in [4.69, 9.17) is 0 Å². The van der Waals surface area contributed by atoms with Crippen LogP contribution in [0.25, 0.3) is 0 Å². The maximum atomic E-state index is 12.5. The summed E-state index contributed by atoms with van der Waals surface area (Å²) in [5, 5.41) is 12.5. The fourth-order valence-electron chi connectivity index (χ4n) is 4.41. The number of hydrogen-bond acceptors (Lipinski definition) is 2. The average Bonchev–Trinajstić information content (AvgIpc) is 3.13. The molecule has 3 aliphatic carbocycles. The minimum absolute atomic E-state index is 0.0475. The molecule has 2 bridgehead atoms. The average molecular weight is 277 g/mol. The van der Waals surface area contributed by atoms with E-state index < -0.39 is 11.9 Å². The van der Waals surface area contributed by atoms with Gasteiger partial charge < -0.3 is 10.4 Å². The number of carbonyl (C=O) groups is 2. The van der Waals surface area contributed by atoms with Crippen LogP contribution in [0.5, 0.6) is 0 Å². The molecule has 0 saturated heterocycles. The van der Waals surface area contributed by atoms with Crippen molar-refractivity contribution in [2.45, 2.75) is 45.1 Å². The van der Waals surface area contributed by atoms with Gasteiger partial charge in [-0.3, -0.25) is 9.59 Å². The number of carboxylic acids is 1. The molecule has 110 valence electrons. The normalized spacial score (nSPS) is 37.2. The SMILES string of the molecule is C[C@@H](NC(=O)[C@H]1C2C=CC(C2)[C@H]1C(=O)O)C1CCCC1. The number of fused-ring (bicyclic) bond motifs is 2. The first-order valence-electron chi connectivity index (χ1n) is 7.79. The summed E-state index contributed by atoms with van der Waals surface area (Å²) in [5.74, 6) is -1.03. The quantitative estimate of drug-likeness (QED) is 0.774. The Balaban J connectivity index is 1.67. The summed E-state index contributed by atoms with van der Waals surface area (Å²) in [6.07, 6.45) is 9.70. The minimum atomic E-state index is -0.824. The van der Waals surface area contributed by atoms with E-state index in [0.29, 0.717) is 5.92 Å². The number of amides is 1. The third-order valence-electron chi connectivity index (χ3n) is 5.52. The number of rotatable bonds is 4. The number of nitrogens with one attached hydrogen (secondary N) is 1. The molecular weight excluding hydrogens is 254 g/mol. The van der Waals surface area contributed by atoms with Crippen LogP contribution in [-0.4, -0.2) is 23.0 Å². The highest BCUT2D eigenvalue weighted by atomic mass is 16.4. The van der Waals surface area contributed by atoms with Crippen molar-refractivity contribution >= 4 is 11.9 Å². The Kier molecular flexibility index (Phi) is 3.57. The molecular formula is C16H23NO3. The van der Waals surface area contributed by atoms with Crippen LogP contribution in [0.15, 0.2) is 12.2 Å². The highest BCUT2D eigenvalue weighted by molar-refractivity contribution is 5.87. The van der Waals surface area contributed by atoms with Crippen LogP contribution >= 0.6 is 0 Å². The van der Waals surface area contributed by atoms with Crippen LogP contribution in [0.3, 0.4) is 0 Å². The lowest BCUT2D eigenvalue weighted by atomic mass is 9.82. The van der Waals surface area contributed by atoms with Crippen LogP contribution in [0.2, 0.25) is 0 Å². The highest BCUT2D eigenvalue weighted by Crippen LogP contribution is 2.48. The number of carboxylic acid groups (broad SMARTS) is 1. The largest absolute Gasteiger partial charge is 0.481 e. The Bertz CT molecular complexity index is 439. The molecule has 4 heteroatoms. The molecule has 0 aromatic heterocycles. The molecule has 0 aromatic rings. The highest BCUT2D eigenvalue weighted by Gasteiger charge is 2.51. The van der Waals surface area contributed by atoms with Crippen LogP contribution in [0.4, 0.5) is 0 Å². The first-order valence-corrected chi connectivity index (χ1v) is 7.79. The van der Waals surface area contributed by atoms with Gasteiger partial charge in [-0.25, -0.2) is 0 Å². The number of carbonyl (C=O) groups excluding carboxylic acids is 1. The zero-order valence-electron chi connectivity index (χ0n) is 11.9. The fraction of sp³-hybridized carbons (Fsp3) is 0.750. The third kappa shape index (κ3) is 2.25. The van der Waals surface area contributed by atoms with Gasteiger partial charge in [0.2, 0.25) is 5.91 Å². The van der Waals surface area contributed by atoms with Gasteiger partial charge in [-0.05, 0) is 43.9 Å². The van der Waals surface area contributed by atoms with Gasteiger partial charge in [0, 0.05) is 6.04 Å². The van der Waals surface area contributed by atoms with Crippen molar-refractivity contribution in [3.05, 3.63) is 12.2 Å². The van der Waals surface area contributed by atoms with E-state index in [1.807, 2.05) is 12.2 Å². The predicted molar refractivity (Wildman–Crippen MR) is 74.9 cm³/mol. The molecule has 0 aliphatic heterocycles. The number of allylic oxidation sites excluding steroid dienone is 2. The van der Waals surface area contributed by atoms with E-state index in [1.54, 1.807) is 0 Å². The van der Waals surface area contributed by atoms with Crippen LogP contribution < -0.4 is 5.32 Å². The molecule has 1 amide bonds. The Morgan fingerprint density at radius 1 is 1.15 bits per heavy atom. The standard InChI is InChI=1S/C16H23NO3/c1-9(10-4-2-3-5-10)17-15(18)13-11-6-7-12(8-11)14(13)16(19)20/h6-7,9-14H,2-5,8H2,1H3,(H,17,18)(H,19,20)/t9-,11?,12?,13+,14-/m1/s1. The second kappa shape index (κ2) is 5.23. The van der Waals surface area contributed by atoms with E-state index in [1.165, 1.54) is 25.7 Å². The van der Waals surface area contributed by atoms with E-state index in [-0.39, 0.29) is 29.7 Å². The summed E-state index contributed by atoms with van der Waals surface area (Å²) in [6.45, 7) is 2.06. The molecule has 2 fully saturated rings. The first-order chi connectivity index (χ1) is 9.58. The molecule has 0 radical (unpaired) electrons. The van der Waals surface area contributed by atoms with Crippen LogP contribution in [0.1, 0.15) is 39.0 Å². The molecule has 5 atom stereocenters. The molecule has 3 rings (SSSR count). The third-order valence-corrected chi connectivity index (χ3v) is 5.52. The lowest BCUT2D eigenvalue weighted by Gasteiger charge is -2.27. The van der Waals surface area contributed by atoms with Gasteiger partial charge >= 0.3 is 5.97 Å². The fourth-order valence-corrected chi connectivity index (χ4v) is 4.41. The molecule has 0 heterocycles. The lowest BCUT2D eigenvalue weighted by Crippen LogP contribution is -2.45.